The van der Waals surface area contributed by atoms with E-state index in [4.69, 9.17) is 10.5 Å². The minimum atomic E-state index is -0.676. The summed E-state index contributed by atoms with van der Waals surface area (Å²) in [6.45, 7) is 4.30. The van der Waals surface area contributed by atoms with Crippen molar-refractivity contribution in [3.63, 3.8) is 0 Å². The molecule has 0 radical (unpaired) electrons. The zero-order chi connectivity index (χ0) is 14.7. The molecule has 106 valence electrons. The third kappa shape index (κ3) is 2.94. The fourth-order valence-corrected chi connectivity index (χ4v) is 2.18. The van der Waals surface area contributed by atoms with Crippen molar-refractivity contribution in [3.8, 4) is 5.75 Å². The predicted molar refractivity (Wildman–Crippen MR) is 82.0 cm³/mol. The molecule has 20 heavy (non-hydrogen) atoms. The highest BCUT2D eigenvalue weighted by atomic mass is 16.5. The van der Waals surface area contributed by atoms with E-state index < -0.39 is 6.10 Å². The van der Waals surface area contributed by atoms with E-state index in [0.29, 0.717) is 17.4 Å². The van der Waals surface area contributed by atoms with Gasteiger partial charge < -0.3 is 15.6 Å². The number of ether oxygens (including phenoxy) is 1. The second kappa shape index (κ2) is 5.97. The van der Waals surface area contributed by atoms with E-state index in [1.807, 2.05) is 18.2 Å². The summed E-state index contributed by atoms with van der Waals surface area (Å²) in [5, 5.41) is 10.4. The number of hydrogen-bond acceptors (Lipinski definition) is 3. The van der Waals surface area contributed by atoms with E-state index in [0.717, 1.165) is 11.1 Å². The summed E-state index contributed by atoms with van der Waals surface area (Å²) in [6, 6.07) is 13.4. The average Bonchev–Trinajstić information content (AvgIpc) is 2.46. The van der Waals surface area contributed by atoms with Crippen LogP contribution < -0.4 is 10.5 Å². The van der Waals surface area contributed by atoms with Crippen molar-refractivity contribution >= 4 is 5.69 Å². The summed E-state index contributed by atoms with van der Waals surface area (Å²) >= 11 is 0. The fraction of sp³-hybridized carbons (Fsp3) is 0.294. The van der Waals surface area contributed by atoms with Gasteiger partial charge in [-0.25, -0.2) is 0 Å². The Morgan fingerprint density at radius 1 is 0.950 bits per heavy atom. The van der Waals surface area contributed by atoms with E-state index in [2.05, 4.69) is 26.0 Å². The lowest BCUT2D eigenvalue weighted by molar-refractivity contribution is 0.220. The first-order valence-corrected chi connectivity index (χ1v) is 6.74. The van der Waals surface area contributed by atoms with Crippen LogP contribution in [0.15, 0.2) is 42.5 Å². The minimum absolute atomic E-state index is 0.484. The Labute approximate surface area is 120 Å². The third-order valence-electron chi connectivity index (χ3n) is 3.49. The fourth-order valence-electron chi connectivity index (χ4n) is 2.18. The first-order chi connectivity index (χ1) is 9.52. The third-order valence-corrected chi connectivity index (χ3v) is 3.49. The second-order valence-corrected chi connectivity index (χ2v) is 5.23. The van der Waals surface area contributed by atoms with Gasteiger partial charge in [0.25, 0.3) is 0 Å². The predicted octanol–water partition coefficient (Wildman–Crippen LogP) is 3.48. The zero-order valence-electron chi connectivity index (χ0n) is 12.1. The molecule has 0 aliphatic heterocycles. The van der Waals surface area contributed by atoms with Crippen LogP contribution in [0, 0.1) is 0 Å². The highest BCUT2D eigenvalue weighted by Crippen LogP contribution is 2.29. The molecule has 0 aromatic heterocycles. The molecule has 0 amide bonds. The van der Waals surface area contributed by atoms with Crippen molar-refractivity contribution in [1.82, 2.24) is 0 Å². The van der Waals surface area contributed by atoms with Crippen LogP contribution in [0.3, 0.4) is 0 Å². The Hall–Kier alpha value is -2.00. The Kier molecular flexibility index (Phi) is 4.30. The van der Waals surface area contributed by atoms with Gasteiger partial charge in [-0.1, -0.05) is 44.2 Å². The maximum atomic E-state index is 10.4. The van der Waals surface area contributed by atoms with Crippen LogP contribution in [-0.2, 0) is 0 Å². The normalized spacial score (nSPS) is 12.4. The zero-order valence-corrected chi connectivity index (χ0v) is 12.1. The SMILES string of the molecule is COc1ccc([C@H](O)c2ccc(C(C)C)cc2)cc1N. The maximum Gasteiger partial charge on any atom is 0.141 e. The molecule has 0 spiro atoms. The van der Waals surface area contributed by atoms with Gasteiger partial charge in [0.1, 0.15) is 11.9 Å². The molecule has 2 aromatic carbocycles. The summed E-state index contributed by atoms with van der Waals surface area (Å²) in [5.41, 5.74) is 9.29. The smallest absolute Gasteiger partial charge is 0.141 e. The van der Waals surface area contributed by atoms with Crippen molar-refractivity contribution in [2.75, 3.05) is 12.8 Å². The number of methoxy groups -OCH3 is 1. The van der Waals surface area contributed by atoms with E-state index in [1.54, 1.807) is 19.2 Å². The molecule has 0 fully saturated rings. The number of hydrogen-bond donors (Lipinski definition) is 2. The van der Waals surface area contributed by atoms with Crippen LogP contribution in [0.4, 0.5) is 5.69 Å². The number of benzene rings is 2. The molecule has 3 N–H and O–H groups in total. The van der Waals surface area contributed by atoms with Crippen LogP contribution in [-0.4, -0.2) is 12.2 Å². The van der Waals surface area contributed by atoms with Crippen LogP contribution in [0.2, 0.25) is 0 Å². The summed E-state index contributed by atoms with van der Waals surface area (Å²) in [4.78, 5) is 0. The van der Waals surface area contributed by atoms with Gasteiger partial charge in [-0.05, 0) is 34.7 Å². The van der Waals surface area contributed by atoms with E-state index in [1.165, 1.54) is 5.56 Å². The van der Waals surface area contributed by atoms with Gasteiger partial charge >= 0.3 is 0 Å². The number of nitrogens with two attached hydrogens (primary N) is 1. The Morgan fingerprint density at radius 2 is 1.50 bits per heavy atom. The first kappa shape index (κ1) is 14.4. The molecular formula is C17H21NO2. The molecule has 0 aliphatic carbocycles. The van der Waals surface area contributed by atoms with Crippen LogP contribution >= 0.6 is 0 Å². The summed E-state index contributed by atoms with van der Waals surface area (Å²) in [5.74, 6) is 1.11. The molecule has 2 rings (SSSR count). The molecule has 0 aliphatic rings. The largest absolute Gasteiger partial charge is 0.495 e. The van der Waals surface area contributed by atoms with Gasteiger partial charge in [0.15, 0.2) is 0 Å². The molecule has 1 atom stereocenters. The van der Waals surface area contributed by atoms with Gasteiger partial charge in [-0.3, -0.25) is 0 Å². The number of nitrogen functional groups attached to an aromatic ring is 1. The molecule has 0 saturated carbocycles. The molecular weight excluding hydrogens is 250 g/mol. The standard InChI is InChI=1S/C17H21NO2/c1-11(2)12-4-6-13(7-5-12)17(19)14-8-9-16(20-3)15(18)10-14/h4-11,17,19H,18H2,1-3H3/t17-/m1/s1. The maximum absolute atomic E-state index is 10.4. The quantitative estimate of drug-likeness (QED) is 0.837. The Bertz CT molecular complexity index is 576. The summed E-state index contributed by atoms with van der Waals surface area (Å²) < 4.78 is 5.12. The molecule has 0 heterocycles. The number of anilines is 1. The topological polar surface area (TPSA) is 55.5 Å². The van der Waals surface area contributed by atoms with Crippen molar-refractivity contribution in [2.45, 2.75) is 25.9 Å². The molecule has 0 saturated heterocycles. The summed E-state index contributed by atoms with van der Waals surface area (Å²) in [7, 11) is 1.58. The van der Waals surface area contributed by atoms with E-state index in [9.17, 15) is 5.11 Å². The number of rotatable bonds is 4. The Morgan fingerprint density at radius 3 is 2.00 bits per heavy atom. The summed E-state index contributed by atoms with van der Waals surface area (Å²) in [6.07, 6.45) is -0.676. The van der Waals surface area contributed by atoms with Gasteiger partial charge in [0.2, 0.25) is 0 Å². The van der Waals surface area contributed by atoms with Crippen molar-refractivity contribution < 1.29 is 9.84 Å². The molecule has 3 heteroatoms. The van der Waals surface area contributed by atoms with Gasteiger partial charge in [0, 0.05) is 0 Å². The van der Waals surface area contributed by atoms with Crippen molar-refractivity contribution in [2.24, 2.45) is 0 Å². The average molecular weight is 271 g/mol. The van der Waals surface area contributed by atoms with Crippen LogP contribution in [0.5, 0.6) is 5.75 Å². The highest BCUT2D eigenvalue weighted by Gasteiger charge is 2.12. The lowest BCUT2D eigenvalue weighted by Gasteiger charge is -2.14. The van der Waals surface area contributed by atoms with Gasteiger partial charge in [-0.2, -0.15) is 0 Å². The Balaban J connectivity index is 2.26. The second-order valence-electron chi connectivity index (χ2n) is 5.23. The van der Waals surface area contributed by atoms with E-state index >= 15 is 0 Å². The van der Waals surface area contributed by atoms with E-state index in [-0.39, 0.29) is 0 Å². The minimum Gasteiger partial charge on any atom is -0.495 e. The highest BCUT2D eigenvalue weighted by molar-refractivity contribution is 5.55. The molecule has 0 unspecified atom stereocenters. The molecule has 3 nitrogen and oxygen atoms in total. The van der Waals surface area contributed by atoms with Crippen molar-refractivity contribution in [3.05, 3.63) is 59.2 Å². The van der Waals surface area contributed by atoms with Crippen molar-refractivity contribution in [1.29, 1.82) is 0 Å². The number of aliphatic hydroxyl groups excluding tert-OH is 1. The van der Waals surface area contributed by atoms with Gasteiger partial charge in [0.05, 0.1) is 12.8 Å². The van der Waals surface area contributed by atoms with Crippen LogP contribution in [0.25, 0.3) is 0 Å². The number of aliphatic hydroxyl groups is 1. The molecule has 2 aromatic rings. The van der Waals surface area contributed by atoms with Gasteiger partial charge in [-0.15, -0.1) is 0 Å². The lowest BCUT2D eigenvalue weighted by Crippen LogP contribution is -2.02. The molecule has 0 bridgehead atoms. The van der Waals surface area contributed by atoms with Crippen LogP contribution in [0.1, 0.15) is 42.6 Å². The first-order valence-electron chi connectivity index (χ1n) is 6.74. The monoisotopic (exact) mass is 271 g/mol. The lowest BCUT2D eigenvalue weighted by atomic mass is 9.97.